The second kappa shape index (κ2) is 10.6. The Balaban J connectivity index is 1.71. The highest BCUT2D eigenvalue weighted by molar-refractivity contribution is 7.92. The number of rotatable bonds is 10. The minimum Gasteiger partial charge on any atom is -0.467 e. The number of benzene rings is 1. The van der Waals surface area contributed by atoms with Crippen molar-refractivity contribution in [3.05, 3.63) is 54.0 Å². The fourth-order valence-corrected chi connectivity index (χ4v) is 2.92. The van der Waals surface area contributed by atoms with E-state index in [1.54, 1.807) is 25.4 Å². The lowest BCUT2D eigenvalue weighted by Crippen LogP contribution is -2.37. The number of hydrogen-bond donors (Lipinski definition) is 3. The summed E-state index contributed by atoms with van der Waals surface area (Å²) in [6.45, 7) is 2.20. The lowest BCUT2D eigenvalue weighted by molar-refractivity contribution is 0.105. The first-order valence-electron chi connectivity index (χ1n) is 8.58. The molecule has 8 nitrogen and oxygen atoms in total. The maximum atomic E-state index is 11.5. The number of nitrogens with one attached hydrogen (secondary N) is 3. The highest BCUT2D eigenvalue weighted by Gasteiger charge is 2.07. The Bertz CT molecular complexity index is 820. The molecule has 148 valence electrons. The Morgan fingerprint density at radius 2 is 2.00 bits per heavy atom. The highest BCUT2D eigenvalue weighted by atomic mass is 32.2. The average molecular weight is 394 g/mol. The Kier molecular flexibility index (Phi) is 8.15. The largest absolute Gasteiger partial charge is 0.467 e. The van der Waals surface area contributed by atoms with Gasteiger partial charge in [0.25, 0.3) is 0 Å². The van der Waals surface area contributed by atoms with Crippen molar-refractivity contribution in [1.82, 2.24) is 10.6 Å². The van der Waals surface area contributed by atoms with Crippen LogP contribution in [-0.2, 0) is 27.9 Å². The Labute approximate surface area is 160 Å². The lowest BCUT2D eigenvalue weighted by Gasteiger charge is -2.14. The summed E-state index contributed by atoms with van der Waals surface area (Å²) in [6, 6.07) is 10.9. The van der Waals surface area contributed by atoms with Crippen molar-refractivity contribution in [1.29, 1.82) is 0 Å². The molecule has 0 atom stereocenters. The van der Waals surface area contributed by atoms with Crippen LogP contribution in [0, 0.1) is 0 Å². The fraction of sp³-hybridized carbons (Fsp3) is 0.389. The van der Waals surface area contributed by atoms with Crippen LogP contribution in [0.4, 0.5) is 5.69 Å². The standard InChI is InChI=1S/C18H26N4O4S/c1-19-18(20-10-6-11-25-14-16-8-5-12-26-16)21-13-15-7-3-4-9-17(15)22-27(2,23)24/h3-5,7-9,12,22H,6,10-11,13-14H2,1-2H3,(H2,19,20,21). The summed E-state index contributed by atoms with van der Waals surface area (Å²) >= 11 is 0. The molecule has 0 amide bonds. The quantitative estimate of drug-likeness (QED) is 0.323. The molecule has 0 unspecified atom stereocenters. The van der Waals surface area contributed by atoms with Gasteiger partial charge in [0.1, 0.15) is 12.4 Å². The van der Waals surface area contributed by atoms with Gasteiger partial charge >= 0.3 is 0 Å². The van der Waals surface area contributed by atoms with E-state index in [2.05, 4.69) is 20.3 Å². The summed E-state index contributed by atoms with van der Waals surface area (Å²) in [5.41, 5.74) is 1.38. The first kappa shape index (κ1) is 20.8. The van der Waals surface area contributed by atoms with E-state index in [-0.39, 0.29) is 0 Å². The van der Waals surface area contributed by atoms with Crippen molar-refractivity contribution >= 4 is 21.7 Å². The lowest BCUT2D eigenvalue weighted by atomic mass is 10.2. The molecular weight excluding hydrogens is 368 g/mol. The third-order valence-electron chi connectivity index (χ3n) is 3.56. The molecule has 9 heteroatoms. The van der Waals surface area contributed by atoms with Crippen LogP contribution in [0.1, 0.15) is 17.7 Å². The molecule has 1 heterocycles. The molecule has 0 aliphatic carbocycles. The molecule has 27 heavy (non-hydrogen) atoms. The number of sulfonamides is 1. The first-order chi connectivity index (χ1) is 13.0. The first-order valence-corrected chi connectivity index (χ1v) is 10.5. The molecule has 1 aromatic carbocycles. The van der Waals surface area contributed by atoms with Crippen LogP contribution in [0.2, 0.25) is 0 Å². The van der Waals surface area contributed by atoms with Gasteiger partial charge in [-0.3, -0.25) is 9.71 Å². The minimum atomic E-state index is -3.33. The van der Waals surface area contributed by atoms with Gasteiger partial charge in [0.05, 0.1) is 18.2 Å². The summed E-state index contributed by atoms with van der Waals surface area (Å²) in [7, 11) is -1.64. The molecule has 2 rings (SSSR count). The normalized spacial score (nSPS) is 12.0. The van der Waals surface area contributed by atoms with E-state index in [0.29, 0.717) is 38.0 Å². The van der Waals surface area contributed by atoms with Gasteiger partial charge in [-0.05, 0) is 30.2 Å². The third-order valence-corrected chi connectivity index (χ3v) is 4.16. The number of aliphatic imine (C=N–C) groups is 1. The number of para-hydroxylation sites is 1. The Hall–Kier alpha value is -2.52. The van der Waals surface area contributed by atoms with Crippen LogP contribution in [0.5, 0.6) is 0 Å². The number of nitrogens with zero attached hydrogens (tertiary/aromatic N) is 1. The number of ether oxygens (including phenoxy) is 1. The molecule has 3 N–H and O–H groups in total. The SMILES string of the molecule is CN=C(NCCCOCc1ccco1)NCc1ccccc1NS(C)(=O)=O. The van der Waals surface area contributed by atoms with Gasteiger partial charge in [-0.15, -0.1) is 0 Å². The molecule has 0 saturated carbocycles. The summed E-state index contributed by atoms with van der Waals surface area (Å²) in [5, 5.41) is 6.37. The second-order valence-corrected chi connectivity index (χ2v) is 7.62. The molecule has 2 aromatic rings. The summed E-state index contributed by atoms with van der Waals surface area (Å²) in [4.78, 5) is 4.17. The minimum absolute atomic E-state index is 0.438. The zero-order valence-electron chi connectivity index (χ0n) is 15.6. The predicted octanol–water partition coefficient (Wildman–Crippen LogP) is 1.92. The average Bonchev–Trinajstić information content (AvgIpc) is 3.14. The monoisotopic (exact) mass is 394 g/mol. The van der Waals surface area contributed by atoms with Crippen molar-refractivity contribution in [2.24, 2.45) is 4.99 Å². The van der Waals surface area contributed by atoms with Crippen LogP contribution in [-0.4, -0.2) is 40.8 Å². The van der Waals surface area contributed by atoms with Gasteiger partial charge in [0.15, 0.2) is 5.96 Å². The van der Waals surface area contributed by atoms with E-state index in [1.807, 2.05) is 24.3 Å². The number of anilines is 1. The van der Waals surface area contributed by atoms with Crippen LogP contribution < -0.4 is 15.4 Å². The van der Waals surface area contributed by atoms with Crippen molar-refractivity contribution in [2.75, 3.05) is 31.2 Å². The van der Waals surface area contributed by atoms with E-state index < -0.39 is 10.0 Å². The van der Waals surface area contributed by atoms with Crippen molar-refractivity contribution in [2.45, 2.75) is 19.6 Å². The van der Waals surface area contributed by atoms with Crippen molar-refractivity contribution in [3.63, 3.8) is 0 Å². The summed E-state index contributed by atoms with van der Waals surface area (Å²) in [5.74, 6) is 1.44. The second-order valence-electron chi connectivity index (χ2n) is 5.87. The maximum absolute atomic E-state index is 11.5. The Morgan fingerprint density at radius 3 is 2.70 bits per heavy atom. The molecule has 0 spiro atoms. The van der Waals surface area contributed by atoms with Gasteiger partial charge in [-0.25, -0.2) is 8.42 Å². The molecule has 0 aliphatic rings. The highest BCUT2D eigenvalue weighted by Crippen LogP contribution is 2.15. The molecule has 0 aliphatic heterocycles. The van der Waals surface area contributed by atoms with Crippen LogP contribution in [0.25, 0.3) is 0 Å². The van der Waals surface area contributed by atoms with Gasteiger partial charge in [0.2, 0.25) is 10.0 Å². The number of hydrogen-bond acceptors (Lipinski definition) is 5. The van der Waals surface area contributed by atoms with Crippen LogP contribution >= 0.6 is 0 Å². The molecule has 1 aromatic heterocycles. The van der Waals surface area contributed by atoms with E-state index in [9.17, 15) is 8.42 Å². The van der Waals surface area contributed by atoms with Crippen LogP contribution in [0.15, 0.2) is 52.1 Å². The van der Waals surface area contributed by atoms with E-state index in [4.69, 9.17) is 9.15 Å². The van der Waals surface area contributed by atoms with Gasteiger partial charge in [0, 0.05) is 26.7 Å². The maximum Gasteiger partial charge on any atom is 0.229 e. The van der Waals surface area contributed by atoms with Crippen LogP contribution in [0.3, 0.4) is 0 Å². The smallest absolute Gasteiger partial charge is 0.229 e. The van der Waals surface area contributed by atoms with E-state index >= 15 is 0 Å². The topological polar surface area (TPSA) is 105 Å². The van der Waals surface area contributed by atoms with Crippen molar-refractivity contribution < 1.29 is 17.6 Å². The zero-order chi connectivity index (χ0) is 19.5. The number of guanidine groups is 1. The van der Waals surface area contributed by atoms with Gasteiger partial charge < -0.3 is 19.8 Å². The van der Waals surface area contributed by atoms with E-state index in [1.165, 1.54) is 0 Å². The molecule has 0 fully saturated rings. The summed E-state index contributed by atoms with van der Waals surface area (Å²) in [6.07, 6.45) is 3.57. The van der Waals surface area contributed by atoms with E-state index in [0.717, 1.165) is 24.0 Å². The predicted molar refractivity (Wildman–Crippen MR) is 106 cm³/mol. The van der Waals surface area contributed by atoms with Crippen molar-refractivity contribution in [3.8, 4) is 0 Å². The zero-order valence-corrected chi connectivity index (χ0v) is 16.4. The fourth-order valence-electron chi connectivity index (χ4n) is 2.32. The summed E-state index contributed by atoms with van der Waals surface area (Å²) < 4.78 is 36.2. The van der Waals surface area contributed by atoms with Gasteiger partial charge in [-0.2, -0.15) is 0 Å². The van der Waals surface area contributed by atoms with Gasteiger partial charge in [-0.1, -0.05) is 18.2 Å². The number of furan rings is 1. The molecular formula is C18H26N4O4S. The molecule has 0 bridgehead atoms. The molecule has 0 radical (unpaired) electrons. The Morgan fingerprint density at radius 1 is 1.19 bits per heavy atom. The molecule has 0 saturated heterocycles. The third kappa shape index (κ3) is 8.14.